The molecule has 0 aliphatic carbocycles. The Bertz CT molecular complexity index is 849. The first kappa shape index (κ1) is 22.0. The monoisotopic (exact) mass is 413 g/mol. The molecular weight excluding hydrogens is 390 g/mol. The minimum Gasteiger partial charge on any atom is -0.463 e. The van der Waals surface area contributed by atoms with Gasteiger partial charge in [-0.05, 0) is 30.7 Å². The van der Waals surface area contributed by atoms with Crippen molar-refractivity contribution in [3.05, 3.63) is 24.3 Å². The summed E-state index contributed by atoms with van der Waals surface area (Å²) >= 11 is 0. The van der Waals surface area contributed by atoms with Crippen molar-refractivity contribution in [2.24, 2.45) is 17.8 Å². The molecule has 1 fully saturated rings. The Morgan fingerprint density at radius 1 is 1.18 bits per heavy atom. The van der Waals surface area contributed by atoms with Gasteiger partial charge in [-0.2, -0.15) is 8.42 Å². The van der Waals surface area contributed by atoms with Gasteiger partial charge < -0.3 is 9.47 Å². The van der Waals surface area contributed by atoms with Gasteiger partial charge in [0.25, 0.3) is 10.1 Å². The fourth-order valence-electron chi connectivity index (χ4n) is 3.27. The molecule has 0 spiro atoms. The average Bonchev–Trinajstić information content (AvgIpc) is 2.85. The summed E-state index contributed by atoms with van der Waals surface area (Å²) in [5.41, 5.74) is 0.166. The lowest BCUT2D eigenvalue weighted by molar-refractivity contribution is -0.154. The number of carbonyl (C=O) groups is 3. The Balaban J connectivity index is 2.27. The Labute approximate surface area is 163 Å². The Kier molecular flexibility index (Phi) is 6.91. The van der Waals surface area contributed by atoms with Crippen molar-refractivity contribution >= 4 is 33.6 Å². The second-order valence-corrected chi connectivity index (χ2v) is 7.89. The minimum absolute atomic E-state index is 0.0515. The highest BCUT2D eigenvalue weighted by atomic mass is 32.2. The molecule has 1 aliphatic rings. The van der Waals surface area contributed by atoms with Gasteiger partial charge in [0.2, 0.25) is 11.8 Å². The number of imide groups is 1. The van der Waals surface area contributed by atoms with E-state index in [0.717, 1.165) is 17.0 Å². The quantitative estimate of drug-likeness (QED) is 0.292. The van der Waals surface area contributed by atoms with E-state index in [1.807, 2.05) is 0 Å². The lowest BCUT2D eigenvalue weighted by atomic mass is 9.82. The molecule has 2 rings (SSSR count). The molecule has 1 heterocycles. The molecule has 1 aromatic carbocycles. The third kappa shape index (κ3) is 4.40. The van der Waals surface area contributed by atoms with Gasteiger partial charge in [0, 0.05) is 13.0 Å². The van der Waals surface area contributed by atoms with E-state index in [-0.39, 0.29) is 23.8 Å². The largest absolute Gasteiger partial charge is 0.463 e. The predicted octanol–water partition coefficient (Wildman–Crippen LogP) is 1.27. The van der Waals surface area contributed by atoms with E-state index in [1.54, 1.807) is 13.8 Å². The number of ether oxygens (including phenoxy) is 2. The summed E-state index contributed by atoms with van der Waals surface area (Å²) in [7, 11) is -2.92. The molecule has 1 saturated heterocycles. The highest BCUT2D eigenvalue weighted by Gasteiger charge is 2.51. The van der Waals surface area contributed by atoms with Gasteiger partial charge in [0.15, 0.2) is 0 Å². The smallest absolute Gasteiger partial charge is 0.309 e. The van der Waals surface area contributed by atoms with Crippen molar-refractivity contribution in [2.75, 3.05) is 25.2 Å². The minimum atomic E-state index is -4.39. The molecule has 28 heavy (non-hydrogen) atoms. The van der Waals surface area contributed by atoms with Crippen LogP contribution in [0.4, 0.5) is 5.69 Å². The third-order valence-electron chi connectivity index (χ3n) is 4.75. The number of amides is 2. The lowest BCUT2D eigenvalue weighted by Gasteiger charge is -2.21. The van der Waals surface area contributed by atoms with Crippen LogP contribution in [0.5, 0.6) is 0 Å². The fourth-order valence-corrected chi connectivity index (χ4v) is 3.75. The maximum absolute atomic E-state index is 12.9. The molecule has 3 unspecified atom stereocenters. The molecule has 9 nitrogen and oxygen atoms in total. The third-order valence-corrected chi connectivity index (χ3v) is 5.62. The summed E-state index contributed by atoms with van der Waals surface area (Å²) < 4.78 is 41.3. The van der Waals surface area contributed by atoms with E-state index in [0.29, 0.717) is 6.42 Å². The van der Waals surface area contributed by atoms with Crippen LogP contribution < -0.4 is 4.90 Å². The number of methoxy groups -OCH3 is 1. The molecule has 2 amide bonds. The van der Waals surface area contributed by atoms with Crippen LogP contribution in [0.1, 0.15) is 20.3 Å². The molecule has 1 aromatic rings. The summed E-state index contributed by atoms with van der Waals surface area (Å²) in [6.45, 7) is 3.58. The summed E-state index contributed by atoms with van der Waals surface area (Å²) in [6.07, 6.45) is 0.315. The van der Waals surface area contributed by atoms with Gasteiger partial charge in [-0.25, -0.2) is 0 Å². The zero-order chi connectivity index (χ0) is 21.1. The maximum atomic E-state index is 12.9. The summed E-state index contributed by atoms with van der Waals surface area (Å²) in [6, 6.07) is 4.71. The molecule has 3 atom stereocenters. The van der Waals surface area contributed by atoms with Crippen LogP contribution in [0.3, 0.4) is 0 Å². The van der Waals surface area contributed by atoms with Gasteiger partial charge in [0.1, 0.15) is 6.61 Å². The molecule has 0 saturated carbocycles. The molecule has 10 heteroatoms. The highest BCUT2D eigenvalue weighted by molar-refractivity contribution is 7.85. The van der Waals surface area contributed by atoms with E-state index in [1.165, 1.54) is 19.2 Å². The van der Waals surface area contributed by atoms with Crippen molar-refractivity contribution in [3.63, 3.8) is 0 Å². The van der Waals surface area contributed by atoms with Crippen LogP contribution in [0.2, 0.25) is 0 Å². The van der Waals surface area contributed by atoms with Gasteiger partial charge in [-0.1, -0.05) is 13.8 Å². The van der Waals surface area contributed by atoms with Crippen molar-refractivity contribution in [2.45, 2.75) is 25.2 Å². The highest BCUT2D eigenvalue weighted by Crippen LogP contribution is 2.37. The van der Waals surface area contributed by atoms with E-state index < -0.39 is 45.7 Å². The van der Waals surface area contributed by atoms with E-state index in [4.69, 9.17) is 14.0 Å². The first-order valence-electron chi connectivity index (χ1n) is 8.74. The number of rotatable bonds is 8. The number of nitrogens with zero attached hydrogens (tertiary/aromatic N) is 1. The zero-order valence-electron chi connectivity index (χ0n) is 15.8. The number of hydrogen-bond donors (Lipinski definition) is 1. The van der Waals surface area contributed by atoms with E-state index in [9.17, 15) is 22.8 Å². The number of benzene rings is 1. The van der Waals surface area contributed by atoms with Crippen LogP contribution in [-0.4, -0.2) is 51.1 Å². The normalized spacial score (nSPS) is 21.1. The number of esters is 1. The van der Waals surface area contributed by atoms with Crippen molar-refractivity contribution < 1.29 is 36.8 Å². The van der Waals surface area contributed by atoms with Gasteiger partial charge in [0.05, 0.1) is 29.0 Å². The summed E-state index contributed by atoms with van der Waals surface area (Å²) in [5, 5.41) is 0. The topological polar surface area (TPSA) is 127 Å². The molecule has 1 N–H and O–H groups in total. The number of anilines is 1. The zero-order valence-corrected chi connectivity index (χ0v) is 16.6. The standard InChI is InChI=1S/C18H23NO8S/c1-4-14(18(22)27-10-9-26-3)15-11(2)16(20)19(17(15)21)12-5-7-13(8-6-12)28(23,24)25/h5-8,11,14-15H,4,9-10H2,1-3H3,(H,23,24,25). The molecule has 0 radical (unpaired) electrons. The van der Waals surface area contributed by atoms with Crippen molar-refractivity contribution in [3.8, 4) is 0 Å². The Hall–Kier alpha value is -2.30. The van der Waals surface area contributed by atoms with Crippen LogP contribution in [0, 0.1) is 17.8 Å². The summed E-state index contributed by atoms with van der Waals surface area (Å²) in [5.74, 6) is -4.01. The molecule has 0 aromatic heterocycles. The van der Waals surface area contributed by atoms with Crippen molar-refractivity contribution in [1.29, 1.82) is 0 Å². The maximum Gasteiger partial charge on any atom is 0.309 e. The number of hydrogen-bond acceptors (Lipinski definition) is 7. The average molecular weight is 413 g/mol. The lowest BCUT2D eigenvalue weighted by Crippen LogP contribution is -2.35. The second kappa shape index (κ2) is 8.80. The molecule has 0 bridgehead atoms. The number of carbonyl (C=O) groups excluding carboxylic acids is 3. The molecule has 154 valence electrons. The first-order valence-corrected chi connectivity index (χ1v) is 10.2. The van der Waals surface area contributed by atoms with Crippen LogP contribution in [0.25, 0.3) is 0 Å². The summed E-state index contributed by atoms with van der Waals surface area (Å²) in [4.78, 5) is 38.6. The Morgan fingerprint density at radius 3 is 2.29 bits per heavy atom. The predicted molar refractivity (Wildman–Crippen MR) is 98.0 cm³/mol. The van der Waals surface area contributed by atoms with E-state index >= 15 is 0 Å². The fraction of sp³-hybridized carbons (Fsp3) is 0.500. The van der Waals surface area contributed by atoms with Gasteiger partial charge in [-0.3, -0.25) is 23.8 Å². The van der Waals surface area contributed by atoms with Crippen LogP contribution in [0.15, 0.2) is 29.2 Å². The second-order valence-electron chi connectivity index (χ2n) is 6.47. The Morgan fingerprint density at radius 2 is 1.79 bits per heavy atom. The van der Waals surface area contributed by atoms with E-state index in [2.05, 4.69) is 0 Å². The molecular formula is C18H23NO8S. The first-order chi connectivity index (χ1) is 13.1. The molecule has 1 aliphatic heterocycles. The SMILES string of the molecule is CCC(C(=O)OCCOC)C1C(=O)N(c2ccc(S(=O)(=O)O)cc2)C(=O)C1C. The van der Waals surface area contributed by atoms with Gasteiger partial charge >= 0.3 is 5.97 Å². The van der Waals surface area contributed by atoms with Crippen molar-refractivity contribution in [1.82, 2.24) is 0 Å². The van der Waals surface area contributed by atoms with Gasteiger partial charge in [-0.15, -0.1) is 0 Å². The van der Waals surface area contributed by atoms with Crippen LogP contribution >= 0.6 is 0 Å². The van der Waals surface area contributed by atoms with Crippen LogP contribution in [-0.2, 0) is 34.0 Å².